The number of benzene rings is 1. The van der Waals surface area contributed by atoms with Crippen molar-refractivity contribution < 1.29 is 4.52 Å². The van der Waals surface area contributed by atoms with E-state index in [0.29, 0.717) is 18.3 Å². The van der Waals surface area contributed by atoms with E-state index in [2.05, 4.69) is 34.1 Å². The van der Waals surface area contributed by atoms with Gasteiger partial charge in [0.15, 0.2) is 5.82 Å². The number of para-hydroxylation sites is 1. The minimum atomic E-state index is -0.581. The number of aromatic nitrogens is 2. The third-order valence-electron chi connectivity index (χ3n) is 3.27. The zero-order valence-electron chi connectivity index (χ0n) is 13.0. The molecule has 114 valence electrons. The van der Waals surface area contributed by atoms with Gasteiger partial charge in [-0.15, -0.1) is 0 Å². The van der Waals surface area contributed by atoms with Crippen LogP contribution in [0.1, 0.15) is 45.3 Å². The summed E-state index contributed by atoms with van der Waals surface area (Å²) >= 11 is 0. The molecule has 0 saturated carbocycles. The summed E-state index contributed by atoms with van der Waals surface area (Å²) in [6, 6.07) is 10.3. The fourth-order valence-corrected chi connectivity index (χ4v) is 2.03. The third-order valence-corrected chi connectivity index (χ3v) is 3.27. The van der Waals surface area contributed by atoms with E-state index in [1.807, 2.05) is 32.0 Å². The molecule has 0 amide bonds. The Bertz CT molecular complexity index is 545. The van der Waals surface area contributed by atoms with Crippen molar-refractivity contribution in [1.82, 2.24) is 10.1 Å². The van der Waals surface area contributed by atoms with Gasteiger partial charge in [-0.2, -0.15) is 4.98 Å². The van der Waals surface area contributed by atoms with Gasteiger partial charge in [-0.1, -0.05) is 36.7 Å². The maximum Gasteiger partial charge on any atom is 0.246 e. The monoisotopic (exact) mass is 288 g/mol. The first-order valence-electron chi connectivity index (χ1n) is 7.42. The average molecular weight is 288 g/mol. The Labute approximate surface area is 126 Å². The highest BCUT2D eigenvalue weighted by molar-refractivity contribution is 5.45. The Morgan fingerprint density at radius 2 is 1.95 bits per heavy atom. The third kappa shape index (κ3) is 4.29. The van der Waals surface area contributed by atoms with Crippen LogP contribution in [0.15, 0.2) is 34.9 Å². The molecule has 0 aliphatic carbocycles. The topological polar surface area (TPSA) is 68.2 Å². The second-order valence-corrected chi connectivity index (χ2v) is 5.84. The number of nitrogens with two attached hydrogens (primary N) is 1. The summed E-state index contributed by atoms with van der Waals surface area (Å²) in [5, 5.41) is 3.98. The van der Waals surface area contributed by atoms with E-state index in [1.165, 1.54) is 0 Å². The van der Waals surface area contributed by atoms with E-state index >= 15 is 0 Å². The largest absolute Gasteiger partial charge is 0.362 e. The molecular formula is C16H24N4O. The summed E-state index contributed by atoms with van der Waals surface area (Å²) in [5.41, 5.74) is 6.58. The van der Waals surface area contributed by atoms with Gasteiger partial charge in [0.05, 0.1) is 12.1 Å². The molecule has 5 heteroatoms. The molecular weight excluding hydrogens is 264 g/mol. The molecule has 1 aromatic heterocycles. The van der Waals surface area contributed by atoms with Gasteiger partial charge in [-0.25, -0.2) is 0 Å². The summed E-state index contributed by atoms with van der Waals surface area (Å²) in [6.07, 6.45) is 2.27. The Kier molecular flexibility index (Phi) is 4.96. The highest BCUT2D eigenvalue weighted by Crippen LogP contribution is 2.18. The van der Waals surface area contributed by atoms with Gasteiger partial charge in [0, 0.05) is 12.2 Å². The molecule has 0 spiro atoms. The lowest BCUT2D eigenvalue weighted by Gasteiger charge is -2.22. The summed E-state index contributed by atoms with van der Waals surface area (Å²) in [6.45, 7) is 7.49. The molecule has 0 fully saturated rings. The van der Waals surface area contributed by atoms with Crippen molar-refractivity contribution in [2.75, 3.05) is 11.4 Å². The van der Waals surface area contributed by atoms with Crippen LogP contribution in [-0.4, -0.2) is 16.7 Å². The minimum Gasteiger partial charge on any atom is -0.362 e. The first-order valence-corrected chi connectivity index (χ1v) is 7.42. The fraction of sp³-hybridized carbons (Fsp3) is 0.500. The van der Waals surface area contributed by atoms with Gasteiger partial charge >= 0.3 is 0 Å². The summed E-state index contributed by atoms with van der Waals surface area (Å²) in [7, 11) is 0. The van der Waals surface area contributed by atoms with Crippen LogP contribution in [0.5, 0.6) is 0 Å². The van der Waals surface area contributed by atoms with Gasteiger partial charge < -0.3 is 15.2 Å². The van der Waals surface area contributed by atoms with Crippen LogP contribution in [0, 0.1) is 0 Å². The lowest BCUT2D eigenvalue weighted by molar-refractivity contribution is 0.358. The molecule has 2 rings (SSSR count). The second kappa shape index (κ2) is 6.72. The maximum atomic E-state index is 5.99. The summed E-state index contributed by atoms with van der Waals surface area (Å²) < 4.78 is 5.34. The van der Waals surface area contributed by atoms with Crippen molar-refractivity contribution >= 4 is 5.69 Å². The standard InChI is InChI=1S/C16H24N4O/c1-4-5-11-20(13-9-7-6-8-10-13)12-14-18-15(19-21-14)16(2,3)17/h6-10H,4-5,11-12,17H2,1-3H3. The molecule has 1 aromatic carbocycles. The molecule has 0 radical (unpaired) electrons. The van der Waals surface area contributed by atoms with E-state index < -0.39 is 5.54 Å². The van der Waals surface area contributed by atoms with Crippen LogP contribution in [-0.2, 0) is 12.1 Å². The Hall–Kier alpha value is -1.88. The van der Waals surface area contributed by atoms with Crippen LogP contribution in [0.2, 0.25) is 0 Å². The predicted octanol–water partition coefficient (Wildman–Crippen LogP) is 3.07. The van der Waals surface area contributed by atoms with E-state index in [0.717, 1.165) is 25.1 Å². The van der Waals surface area contributed by atoms with Crippen LogP contribution in [0.4, 0.5) is 5.69 Å². The lowest BCUT2D eigenvalue weighted by Crippen LogP contribution is -2.30. The normalized spacial score (nSPS) is 11.6. The Morgan fingerprint density at radius 3 is 2.52 bits per heavy atom. The number of rotatable bonds is 7. The smallest absolute Gasteiger partial charge is 0.246 e. The van der Waals surface area contributed by atoms with Crippen LogP contribution >= 0.6 is 0 Å². The van der Waals surface area contributed by atoms with Crippen LogP contribution in [0.3, 0.4) is 0 Å². The van der Waals surface area contributed by atoms with E-state index in [1.54, 1.807) is 0 Å². The van der Waals surface area contributed by atoms with Crippen molar-refractivity contribution in [3.05, 3.63) is 42.0 Å². The van der Waals surface area contributed by atoms with Gasteiger partial charge in [0.1, 0.15) is 0 Å². The zero-order chi connectivity index (χ0) is 15.3. The van der Waals surface area contributed by atoms with E-state index in [-0.39, 0.29) is 0 Å². The first-order chi connectivity index (χ1) is 10.0. The number of hydrogen-bond donors (Lipinski definition) is 1. The highest BCUT2D eigenvalue weighted by Gasteiger charge is 2.22. The minimum absolute atomic E-state index is 0.543. The van der Waals surface area contributed by atoms with Crippen LogP contribution < -0.4 is 10.6 Å². The molecule has 0 aliphatic rings. The number of hydrogen-bond acceptors (Lipinski definition) is 5. The quantitative estimate of drug-likeness (QED) is 0.848. The van der Waals surface area contributed by atoms with Crippen molar-refractivity contribution in [2.24, 2.45) is 5.73 Å². The van der Waals surface area contributed by atoms with Crippen LogP contribution in [0.25, 0.3) is 0 Å². The number of nitrogens with zero attached hydrogens (tertiary/aromatic N) is 3. The van der Waals surface area contributed by atoms with Gasteiger partial charge in [-0.3, -0.25) is 0 Å². The van der Waals surface area contributed by atoms with Crippen molar-refractivity contribution in [2.45, 2.75) is 45.7 Å². The average Bonchev–Trinajstić information content (AvgIpc) is 2.93. The van der Waals surface area contributed by atoms with Gasteiger partial charge in [0.2, 0.25) is 5.89 Å². The summed E-state index contributed by atoms with van der Waals surface area (Å²) in [4.78, 5) is 6.66. The number of unbranched alkanes of at least 4 members (excludes halogenated alkanes) is 1. The molecule has 0 aliphatic heterocycles. The molecule has 0 bridgehead atoms. The zero-order valence-corrected chi connectivity index (χ0v) is 13.0. The summed E-state index contributed by atoms with van der Waals surface area (Å²) in [5.74, 6) is 1.14. The van der Waals surface area contributed by atoms with E-state index in [4.69, 9.17) is 10.3 Å². The highest BCUT2D eigenvalue weighted by atomic mass is 16.5. The Morgan fingerprint density at radius 1 is 1.24 bits per heavy atom. The Balaban J connectivity index is 2.13. The van der Waals surface area contributed by atoms with Crippen molar-refractivity contribution in [3.63, 3.8) is 0 Å². The molecule has 0 saturated heterocycles. The number of anilines is 1. The fourth-order valence-electron chi connectivity index (χ4n) is 2.03. The lowest BCUT2D eigenvalue weighted by atomic mass is 10.1. The van der Waals surface area contributed by atoms with Gasteiger partial charge in [-0.05, 0) is 32.4 Å². The molecule has 2 aromatic rings. The predicted molar refractivity (Wildman–Crippen MR) is 83.9 cm³/mol. The molecule has 0 unspecified atom stereocenters. The van der Waals surface area contributed by atoms with Crippen molar-refractivity contribution in [3.8, 4) is 0 Å². The van der Waals surface area contributed by atoms with Gasteiger partial charge in [0.25, 0.3) is 0 Å². The molecule has 2 N–H and O–H groups in total. The van der Waals surface area contributed by atoms with E-state index in [9.17, 15) is 0 Å². The second-order valence-electron chi connectivity index (χ2n) is 5.84. The first kappa shape index (κ1) is 15.5. The molecule has 0 atom stereocenters. The maximum absolute atomic E-state index is 5.99. The van der Waals surface area contributed by atoms with Crippen molar-refractivity contribution in [1.29, 1.82) is 0 Å². The molecule has 21 heavy (non-hydrogen) atoms. The SMILES string of the molecule is CCCCN(Cc1nc(C(C)(C)N)no1)c1ccccc1. The molecule has 5 nitrogen and oxygen atoms in total. The molecule has 1 heterocycles.